The smallest absolute Gasteiger partial charge is 0.272 e. The molecule has 0 spiro atoms. The predicted octanol–water partition coefficient (Wildman–Crippen LogP) is 4.49. The van der Waals surface area contributed by atoms with E-state index in [4.69, 9.17) is 23.2 Å². The van der Waals surface area contributed by atoms with Crippen LogP contribution in [0.3, 0.4) is 0 Å². The number of nitrogens with one attached hydrogen (secondary N) is 5. The second-order valence-electron chi connectivity index (χ2n) is 14.3. The Morgan fingerprint density at radius 3 is 2.60 bits per heavy atom. The quantitative estimate of drug-likeness (QED) is 0.0675. The molecule has 7 amide bonds. The number of fused-ring (bicyclic) bond motifs is 1. The summed E-state index contributed by atoms with van der Waals surface area (Å²) in [5.74, 6) is -3.32. The molecule has 4 aromatic heterocycles. The van der Waals surface area contributed by atoms with E-state index in [0.29, 0.717) is 52.2 Å². The van der Waals surface area contributed by atoms with Gasteiger partial charge in [-0.1, -0.05) is 40.9 Å². The number of benzene rings is 1. The van der Waals surface area contributed by atoms with Gasteiger partial charge in [0.15, 0.2) is 5.69 Å². The number of imide groups is 2. The number of hydrogen-bond donors (Lipinski definition) is 5. The first-order valence-electron chi connectivity index (χ1n) is 19.2. The maximum Gasteiger partial charge on any atom is 0.272 e. The summed E-state index contributed by atoms with van der Waals surface area (Å²) < 4.78 is 1.66. The number of rotatable bonds is 16. The third-order valence-corrected chi connectivity index (χ3v) is 11.7. The molecule has 23 heteroatoms. The van der Waals surface area contributed by atoms with E-state index in [0.717, 1.165) is 21.8 Å². The molecule has 0 saturated carbocycles. The number of anilines is 3. The molecule has 2 aliphatic rings. The van der Waals surface area contributed by atoms with Gasteiger partial charge < -0.3 is 21.3 Å². The highest BCUT2D eigenvalue weighted by atomic mass is 35.5. The number of carbonyl (C=O) groups is 7. The molecule has 62 heavy (non-hydrogen) atoms. The summed E-state index contributed by atoms with van der Waals surface area (Å²) in [6.07, 6.45) is 7.89. The molecule has 0 radical (unpaired) electrons. The monoisotopic (exact) mass is 901 g/mol. The van der Waals surface area contributed by atoms with Gasteiger partial charge in [-0.05, 0) is 56.9 Å². The van der Waals surface area contributed by atoms with E-state index in [2.05, 4.69) is 56.8 Å². The van der Waals surface area contributed by atoms with Gasteiger partial charge in [0.1, 0.15) is 44.6 Å². The number of thiazole rings is 1. The molecule has 5 N–H and O–H groups in total. The van der Waals surface area contributed by atoms with Gasteiger partial charge in [-0.25, -0.2) is 19.9 Å². The van der Waals surface area contributed by atoms with E-state index in [1.54, 1.807) is 36.9 Å². The number of unbranched alkanes of at least 4 members (excludes halogenated alkanes) is 2. The van der Waals surface area contributed by atoms with Crippen LogP contribution in [0.1, 0.15) is 109 Å². The van der Waals surface area contributed by atoms with Crippen molar-refractivity contribution in [3.8, 4) is 0 Å². The van der Waals surface area contributed by atoms with Crippen molar-refractivity contribution in [3.63, 3.8) is 0 Å². The molecule has 0 aliphatic carbocycles. The van der Waals surface area contributed by atoms with Crippen molar-refractivity contribution in [2.45, 2.75) is 77.5 Å². The van der Waals surface area contributed by atoms with Crippen LogP contribution in [0.2, 0.25) is 10.0 Å². The summed E-state index contributed by atoms with van der Waals surface area (Å²) in [5, 5.41) is 22.7. The number of piperidine rings is 1. The Morgan fingerprint density at radius 1 is 0.984 bits per heavy atom. The fourth-order valence-corrected chi connectivity index (χ4v) is 7.80. The minimum absolute atomic E-state index is 0.00197. The van der Waals surface area contributed by atoms with E-state index in [9.17, 15) is 33.6 Å². The van der Waals surface area contributed by atoms with Crippen LogP contribution in [0.25, 0.3) is 0 Å². The van der Waals surface area contributed by atoms with E-state index in [-0.39, 0.29) is 65.1 Å². The molecule has 5 aromatic rings. The number of amides is 7. The van der Waals surface area contributed by atoms with Crippen LogP contribution in [-0.4, -0.2) is 87.2 Å². The van der Waals surface area contributed by atoms with E-state index in [1.165, 1.54) is 30.9 Å². The number of carbonyl (C=O) groups excluding carboxylic acids is 7. The molecule has 1 fully saturated rings. The number of aryl methyl sites for hydroxylation is 2. The maximum absolute atomic E-state index is 13.3. The summed E-state index contributed by atoms with van der Waals surface area (Å²) in [4.78, 5) is 107. The standard InChI is InChI=1S/C39H37Cl2N13O7S/c1-19-13-27(42-15-23(19)40)49-35(58)26-16-44-37(62-26)20(2)47-36(59)32-31(41)33(46-18-45-32)43-14-21-17-53(52-51-21)12-5-3-4-9-28(55)48-24-8-6-7-22-30(24)39(61)54(38(22)60)25-10-11-29(56)50-34(25)57/h6-8,13,15-18,20,25H,3-5,9-12,14H2,1-2H3,(H,47,59)(H,48,55)(H,42,49,58)(H,43,45,46)(H,50,56,57). The lowest BCUT2D eigenvalue weighted by molar-refractivity contribution is -0.136. The SMILES string of the molecule is Cc1cc(NC(=O)c2cnc(C(C)NC(=O)c3ncnc(NCc4cn(CCCCCC(=O)Nc5cccc6c5C(=O)N(C5CCC(=O)NC5=O)C6=O)nn4)c3Cl)s2)ncc1Cl. The lowest BCUT2D eigenvalue weighted by atomic mass is 10.0. The van der Waals surface area contributed by atoms with Crippen LogP contribution in [0.5, 0.6) is 0 Å². The zero-order valence-corrected chi connectivity index (χ0v) is 35.4. The molecular formula is C39H37Cl2N13O7S. The minimum Gasteiger partial charge on any atom is -0.363 e. The van der Waals surface area contributed by atoms with Crippen LogP contribution >= 0.6 is 34.5 Å². The molecular weight excluding hydrogens is 865 g/mol. The van der Waals surface area contributed by atoms with Gasteiger partial charge in [-0.15, -0.1) is 16.4 Å². The number of pyridine rings is 1. The maximum atomic E-state index is 13.3. The van der Waals surface area contributed by atoms with Gasteiger partial charge in [-0.3, -0.25) is 48.5 Å². The Kier molecular flexibility index (Phi) is 13.2. The highest BCUT2D eigenvalue weighted by Crippen LogP contribution is 2.33. The fourth-order valence-electron chi connectivity index (χ4n) is 6.63. The predicted molar refractivity (Wildman–Crippen MR) is 225 cm³/mol. The number of aromatic nitrogens is 7. The van der Waals surface area contributed by atoms with E-state index >= 15 is 0 Å². The summed E-state index contributed by atoms with van der Waals surface area (Å²) in [7, 11) is 0. The highest BCUT2D eigenvalue weighted by Gasteiger charge is 2.45. The van der Waals surface area contributed by atoms with Crippen molar-refractivity contribution in [1.82, 2.24) is 50.5 Å². The molecule has 1 aromatic carbocycles. The first-order valence-corrected chi connectivity index (χ1v) is 20.8. The van der Waals surface area contributed by atoms with Crippen molar-refractivity contribution < 1.29 is 33.6 Å². The topological polar surface area (TPSA) is 265 Å². The molecule has 1 saturated heterocycles. The molecule has 320 valence electrons. The Morgan fingerprint density at radius 2 is 1.81 bits per heavy atom. The second-order valence-corrected chi connectivity index (χ2v) is 16.1. The number of nitrogens with zero attached hydrogens (tertiary/aromatic N) is 8. The minimum atomic E-state index is -1.11. The number of hydrogen-bond acceptors (Lipinski definition) is 15. The van der Waals surface area contributed by atoms with Gasteiger partial charge in [0, 0.05) is 25.6 Å². The summed E-state index contributed by atoms with van der Waals surface area (Å²) >= 11 is 13.7. The number of halogens is 2. The van der Waals surface area contributed by atoms with Crippen LogP contribution in [0.15, 0.2) is 49.2 Å². The summed E-state index contributed by atoms with van der Waals surface area (Å²) in [5.41, 5.74) is 1.54. The van der Waals surface area contributed by atoms with Gasteiger partial charge >= 0.3 is 0 Å². The second kappa shape index (κ2) is 18.9. The third-order valence-electron chi connectivity index (χ3n) is 9.81. The molecule has 20 nitrogen and oxygen atoms in total. The average molecular weight is 903 g/mol. The largest absolute Gasteiger partial charge is 0.363 e. The van der Waals surface area contributed by atoms with Gasteiger partial charge in [-0.2, -0.15) is 0 Å². The van der Waals surface area contributed by atoms with Crippen LogP contribution < -0.4 is 26.6 Å². The van der Waals surface area contributed by atoms with E-state index in [1.807, 2.05) is 0 Å². The van der Waals surface area contributed by atoms with Crippen molar-refractivity contribution in [2.24, 2.45) is 0 Å². The van der Waals surface area contributed by atoms with Crippen molar-refractivity contribution in [1.29, 1.82) is 0 Å². The fraction of sp³-hybridized carbons (Fsp3) is 0.308. The van der Waals surface area contributed by atoms with Crippen molar-refractivity contribution in [2.75, 3.05) is 16.0 Å². The Balaban J connectivity index is 0.838. The summed E-state index contributed by atoms with van der Waals surface area (Å²) in [6.45, 7) is 4.22. The molecule has 7 rings (SSSR count). The van der Waals surface area contributed by atoms with Crippen LogP contribution in [-0.2, 0) is 27.5 Å². The average Bonchev–Trinajstić information content (AvgIpc) is 3.98. The first-order chi connectivity index (χ1) is 29.8. The van der Waals surface area contributed by atoms with Gasteiger partial charge in [0.2, 0.25) is 17.7 Å². The molecule has 0 bridgehead atoms. The normalized spacial score (nSPS) is 15.2. The Hall–Kier alpha value is -6.71. The van der Waals surface area contributed by atoms with Gasteiger partial charge in [0.25, 0.3) is 23.6 Å². The molecule has 6 heterocycles. The molecule has 2 unspecified atom stereocenters. The van der Waals surface area contributed by atoms with Gasteiger partial charge in [0.05, 0.1) is 46.8 Å². The summed E-state index contributed by atoms with van der Waals surface area (Å²) in [6, 6.07) is 4.49. The van der Waals surface area contributed by atoms with Crippen LogP contribution in [0, 0.1) is 6.92 Å². The van der Waals surface area contributed by atoms with Crippen LogP contribution in [0.4, 0.5) is 17.3 Å². The van der Waals surface area contributed by atoms with Crippen molar-refractivity contribution >= 4 is 93.2 Å². The lowest BCUT2D eigenvalue weighted by Gasteiger charge is -2.27. The third kappa shape index (κ3) is 9.74. The zero-order chi connectivity index (χ0) is 44.1. The lowest BCUT2D eigenvalue weighted by Crippen LogP contribution is -2.54. The van der Waals surface area contributed by atoms with Crippen molar-refractivity contribution in [3.05, 3.63) is 97.2 Å². The molecule has 2 atom stereocenters. The van der Waals surface area contributed by atoms with E-state index < -0.39 is 47.5 Å². The molecule has 2 aliphatic heterocycles. The Bertz CT molecular complexity index is 2620. The Labute approximate surface area is 366 Å². The highest BCUT2D eigenvalue weighted by molar-refractivity contribution is 7.13. The zero-order valence-electron chi connectivity index (χ0n) is 33.0. The first kappa shape index (κ1) is 43.4.